The van der Waals surface area contributed by atoms with Gasteiger partial charge in [-0.3, -0.25) is 0 Å². The summed E-state index contributed by atoms with van der Waals surface area (Å²) in [5, 5.41) is 0. The van der Waals surface area contributed by atoms with Crippen LogP contribution in [0.3, 0.4) is 0 Å². The molecule has 4 aromatic carbocycles. The van der Waals surface area contributed by atoms with E-state index in [2.05, 4.69) is 8.01 Å². The van der Waals surface area contributed by atoms with Crippen molar-refractivity contribution in [2.45, 2.75) is 22.9 Å². The van der Waals surface area contributed by atoms with Gasteiger partial charge in [0, 0.05) is 0 Å². The van der Waals surface area contributed by atoms with E-state index in [1.165, 1.54) is 0 Å². The molecule has 0 aromatic heterocycles. The minimum absolute atomic E-state index is 0.263. The zero-order chi connectivity index (χ0) is 23.8. The standard InChI is InChI=1S/C27H22IN2O4S/c31-35(32,24-11-13-26-20(15-24)17-29(19-33-26)22-7-3-1-4-8-22)25-12-14-27-21(16-25)18-30(28-34-27)23-9-5-2-6-10-23/h1-16H,17-19H2/q-1. The van der Waals surface area contributed by atoms with E-state index in [0.717, 1.165) is 34.0 Å². The van der Waals surface area contributed by atoms with Gasteiger partial charge in [-0.2, -0.15) is 0 Å². The molecule has 178 valence electrons. The number of rotatable bonds is 4. The van der Waals surface area contributed by atoms with Crippen molar-refractivity contribution >= 4 is 21.2 Å². The first-order valence-electron chi connectivity index (χ1n) is 11.2. The predicted molar refractivity (Wildman–Crippen MR) is 130 cm³/mol. The summed E-state index contributed by atoms with van der Waals surface area (Å²) >= 11 is -0.667. The van der Waals surface area contributed by atoms with Crippen LogP contribution in [0.2, 0.25) is 0 Å². The van der Waals surface area contributed by atoms with Crippen molar-refractivity contribution in [3.63, 3.8) is 0 Å². The summed E-state index contributed by atoms with van der Waals surface area (Å²) in [6.07, 6.45) is 0. The van der Waals surface area contributed by atoms with Crippen LogP contribution in [0.15, 0.2) is 107 Å². The van der Waals surface area contributed by atoms with Gasteiger partial charge in [-0.15, -0.1) is 0 Å². The van der Waals surface area contributed by atoms with Crippen molar-refractivity contribution in [2.75, 3.05) is 14.7 Å². The number of benzene rings is 4. The fourth-order valence-electron chi connectivity index (χ4n) is 4.22. The Morgan fingerprint density at radius 3 is 1.97 bits per heavy atom. The van der Waals surface area contributed by atoms with Crippen LogP contribution in [-0.2, 0) is 22.9 Å². The molecule has 0 unspecified atom stereocenters. The molecule has 0 bridgehead atoms. The Hall–Kier alpha value is -3.24. The number of hydrogen-bond donors (Lipinski definition) is 0. The zero-order valence-electron chi connectivity index (χ0n) is 18.7. The average Bonchev–Trinajstić information content (AvgIpc) is 2.92. The molecule has 0 spiro atoms. The predicted octanol–water partition coefficient (Wildman–Crippen LogP) is 2.19. The van der Waals surface area contributed by atoms with Gasteiger partial charge in [0.2, 0.25) is 0 Å². The van der Waals surface area contributed by atoms with E-state index in [0.29, 0.717) is 19.8 Å². The molecule has 0 atom stereocenters. The van der Waals surface area contributed by atoms with E-state index >= 15 is 0 Å². The molecule has 0 radical (unpaired) electrons. The third-order valence-electron chi connectivity index (χ3n) is 6.09. The first-order chi connectivity index (χ1) is 17.1. The van der Waals surface area contributed by atoms with Crippen molar-refractivity contribution in [3.8, 4) is 11.5 Å². The van der Waals surface area contributed by atoms with Crippen LogP contribution < -0.4 is 37.7 Å². The first-order valence-corrected chi connectivity index (χ1v) is 14.5. The van der Waals surface area contributed by atoms with Crippen LogP contribution in [-0.4, -0.2) is 15.1 Å². The number of fused-ring (bicyclic) bond motifs is 2. The van der Waals surface area contributed by atoms with Crippen LogP contribution in [0, 0.1) is 0 Å². The van der Waals surface area contributed by atoms with Crippen molar-refractivity contribution < 1.29 is 38.1 Å². The molecule has 0 saturated carbocycles. The zero-order valence-corrected chi connectivity index (χ0v) is 21.6. The first kappa shape index (κ1) is 22.2. The summed E-state index contributed by atoms with van der Waals surface area (Å²) in [6, 6.07) is 30.3. The Kier molecular flexibility index (Phi) is 5.77. The van der Waals surface area contributed by atoms with Crippen molar-refractivity contribution in [1.29, 1.82) is 0 Å². The summed E-state index contributed by atoms with van der Waals surface area (Å²) < 4.78 is 41.3. The van der Waals surface area contributed by atoms with Gasteiger partial charge in [-0.1, -0.05) is 18.2 Å². The third-order valence-corrected chi connectivity index (χ3v) is 9.88. The normalized spacial score (nSPS) is 15.2. The molecule has 0 amide bonds. The van der Waals surface area contributed by atoms with Gasteiger partial charge in [0.1, 0.15) is 0 Å². The molecule has 2 heterocycles. The molecule has 0 aliphatic carbocycles. The van der Waals surface area contributed by atoms with Gasteiger partial charge in [-0.05, 0) is 12.1 Å². The van der Waals surface area contributed by atoms with Crippen LogP contribution >= 0.6 is 0 Å². The van der Waals surface area contributed by atoms with Crippen LogP contribution in [0.1, 0.15) is 11.1 Å². The van der Waals surface area contributed by atoms with E-state index in [-0.39, 0.29) is 9.79 Å². The van der Waals surface area contributed by atoms with Crippen molar-refractivity contribution in [1.82, 2.24) is 0 Å². The fourth-order valence-corrected chi connectivity index (χ4v) is 7.52. The van der Waals surface area contributed by atoms with E-state index in [1.54, 1.807) is 36.4 Å². The molecule has 35 heavy (non-hydrogen) atoms. The van der Waals surface area contributed by atoms with Crippen LogP contribution in [0.25, 0.3) is 0 Å². The number of nitrogens with zero attached hydrogens (tertiary/aromatic N) is 2. The van der Waals surface area contributed by atoms with Gasteiger partial charge in [0.15, 0.2) is 0 Å². The number of ether oxygens (including phenoxy) is 1. The Morgan fingerprint density at radius 2 is 1.29 bits per heavy atom. The summed E-state index contributed by atoms with van der Waals surface area (Å²) in [5.41, 5.74) is 3.84. The Morgan fingerprint density at radius 1 is 0.686 bits per heavy atom. The molecule has 0 N–H and O–H groups in total. The molecule has 2 aliphatic heterocycles. The van der Waals surface area contributed by atoms with Crippen LogP contribution in [0.4, 0.5) is 11.4 Å². The summed E-state index contributed by atoms with van der Waals surface area (Å²) in [4.78, 5) is 2.61. The van der Waals surface area contributed by atoms with Gasteiger partial charge < -0.3 is 0 Å². The topological polar surface area (TPSA) is 59.1 Å². The number of anilines is 2. The molecule has 6 nitrogen and oxygen atoms in total. The Bertz CT molecular complexity index is 1370. The molecule has 4 aromatic rings. The van der Waals surface area contributed by atoms with Crippen LogP contribution in [0.5, 0.6) is 11.5 Å². The minimum atomic E-state index is -3.71. The summed E-state index contributed by atoms with van der Waals surface area (Å²) in [7, 11) is -3.71. The van der Waals surface area contributed by atoms with Gasteiger partial charge in [0.05, 0.1) is 0 Å². The third kappa shape index (κ3) is 4.32. The molecular formula is C27H22IN2O4S-. The maximum atomic E-state index is 13.6. The van der Waals surface area contributed by atoms with Gasteiger partial charge in [-0.25, -0.2) is 0 Å². The Balaban J connectivity index is 1.29. The monoisotopic (exact) mass is 597 g/mol. The maximum absolute atomic E-state index is 13.6. The van der Waals surface area contributed by atoms with E-state index in [4.69, 9.17) is 7.80 Å². The molecule has 6 rings (SSSR count). The molecule has 8 heteroatoms. The summed E-state index contributed by atoms with van der Waals surface area (Å²) in [5.74, 6) is 1.48. The van der Waals surface area contributed by atoms with Crippen molar-refractivity contribution in [2.24, 2.45) is 0 Å². The SMILES string of the molecule is O=S(=O)(c1ccc2c(c1)CN(c1ccccc1)CO2)c1ccc2c(c1)CN(c1ccccc1)[I-]O2. The molecule has 2 aliphatic rings. The second-order valence-electron chi connectivity index (χ2n) is 8.35. The summed E-state index contributed by atoms with van der Waals surface area (Å²) in [6.45, 7) is 1.63. The average molecular weight is 597 g/mol. The molecule has 0 saturated heterocycles. The van der Waals surface area contributed by atoms with Gasteiger partial charge in [0.25, 0.3) is 0 Å². The number of hydrogen-bond acceptors (Lipinski definition) is 6. The van der Waals surface area contributed by atoms with Gasteiger partial charge >= 0.3 is 186 Å². The second-order valence-corrected chi connectivity index (χ2v) is 12.3. The fraction of sp³-hybridized carbons (Fsp3) is 0.111. The van der Waals surface area contributed by atoms with E-state index in [9.17, 15) is 8.42 Å². The van der Waals surface area contributed by atoms with Crippen molar-refractivity contribution in [3.05, 3.63) is 108 Å². The molecule has 0 fully saturated rings. The number of halogens is 1. The molecular weight excluding hydrogens is 575 g/mol. The van der Waals surface area contributed by atoms with E-state index in [1.807, 2.05) is 60.7 Å². The second kappa shape index (κ2) is 9.09. The van der Waals surface area contributed by atoms with E-state index < -0.39 is 31.7 Å². The number of para-hydroxylation sites is 2. The Labute approximate surface area is 215 Å². The number of sulfone groups is 1. The quantitative estimate of drug-likeness (QED) is 0.266.